The molecule has 1 amide bonds. The SMILES string of the molecule is C=CC(CN(CC(C=C)OC(=N)C(Cl)(Cl)Cl)C(=O)OC(C)(C)C)OC(C)=N. The molecule has 2 N–H and O–H groups in total. The normalized spacial score (nSPS) is 13.7. The second-order valence-corrected chi connectivity index (χ2v) is 8.83. The van der Waals surface area contributed by atoms with Crippen molar-refractivity contribution in [1.29, 1.82) is 10.8 Å². The largest absolute Gasteiger partial charge is 0.472 e. The van der Waals surface area contributed by atoms with Gasteiger partial charge in [-0.1, -0.05) is 48.0 Å². The number of nitrogens with one attached hydrogen (secondary N) is 2. The number of hydrogen-bond acceptors (Lipinski definition) is 6. The van der Waals surface area contributed by atoms with Crippen molar-refractivity contribution in [3.8, 4) is 0 Å². The molecule has 0 spiro atoms. The van der Waals surface area contributed by atoms with Crippen molar-refractivity contribution in [2.24, 2.45) is 0 Å². The van der Waals surface area contributed by atoms with Gasteiger partial charge in [-0.05, 0) is 32.9 Å². The maximum absolute atomic E-state index is 12.6. The summed E-state index contributed by atoms with van der Waals surface area (Å²) >= 11 is 16.9. The monoisotopic (exact) mass is 441 g/mol. The number of ether oxygens (including phenoxy) is 3. The van der Waals surface area contributed by atoms with E-state index in [1.54, 1.807) is 20.8 Å². The molecule has 7 nitrogen and oxygen atoms in total. The van der Waals surface area contributed by atoms with Crippen molar-refractivity contribution in [2.75, 3.05) is 13.1 Å². The summed E-state index contributed by atoms with van der Waals surface area (Å²) in [5.74, 6) is -0.632. The molecule has 0 aromatic heterocycles. The molecule has 0 saturated heterocycles. The molecule has 0 fully saturated rings. The lowest BCUT2D eigenvalue weighted by atomic mass is 10.2. The highest BCUT2D eigenvalue weighted by molar-refractivity contribution is 6.76. The quantitative estimate of drug-likeness (QED) is 0.246. The number of halogens is 3. The van der Waals surface area contributed by atoms with E-state index in [0.717, 1.165) is 0 Å². The summed E-state index contributed by atoms with van der Waals surface area (Å²) in [5, 5.41) is 15.1. The number of rotatable bonds is 8. The molecule has 2 atom stereocenters. The van der Waals surface area contributed by atoms with E-state index in [1.165, 1.54) is 24.0 Å². The lowest BCUT2D eigenvalue weighted by Crippen LogP contribution is -2.46. The molecule has 154 valence electrons. The van der Waals surface area contributed by atoms with E-state index in [0.29, 0.717) is 0 Å². The number of nitrogens with zero attached hydrogens (tertiary/aromatic N) is 1. The number of carbonyl (C=O) groups excluding carboxylic acids is 1. The first-order valence-corrected chi connectivity index (χ1v) is 9.10. The van der Waals surface area contributed by atoms with Gasteiger partial charge in [-0.3, -0.25) is 10.8 Å². The molecule has 2 unspecified atom stereocenters. The van der Waals surface area contributed by atoms with E-state index in [-0.39, 0.29) is 19.0 Å². The Hall–Kier alpha value is -1.44. The molecule has 0 aliphatic rings. The summed E-state index contributed by atoms with van der Waals surface area (Å²) in [4.78, 5) is 13.9. The Kier molecular flexibility index (Phi) is 10.2. The van der Waals surface area contributed by atoms with Gasteiger partial charge in [0.2, 0.25) is 5.90 Å². The molecule has 0 bridgehead atoms. The minimum Gasteiger partial charge on any atom is -0.472 e. The van der Waals surface area contributed by atoms with E-state index in [1.807, 2.05) is 0 Å². The molecule has 0 radical (unpaired) electrons. The average Bonchev–Trinajstić information content (AvgIpc) is 2.49. The van der Waals surface area contributed by atoms with Gasteiger partial charge in [0.15, 0.2) is 5.90 Å². The van der Waals surface area contributed by atoms with Crippen LogP contribution >= 0.6 is 34.8 Å². The van der Waals surface area contributed by atoms with Crippen LogP contribution in [0.1, 0.15) is 27.7 Å². The van der Waals surface area contributed by atoms with Crippen molar-refractivity contribution in [3.05, 3.63) is 25.3 Å². The van der Waals surface area contributed by atoms with Crippen molar-refractivity contribution in [3.63, 3.8) is 0 Å². The minimum absolute atomic E-state index is 0.0291. The highest BCUT2D eigenvalue weighted by Gasteiger charge is 2.32. The fourth-order valence-electron chi connectivity index (χ4n) is 1.75. The molecule has 0 rings (SSSR count). The molecular formula is C17H26Cl3N3O4. The fraction of sp³-hybridized carbons (Fsp3) is 0.588. The Bertz CT molecular complexity index is 571. The third kappa shape index (κ3) is 11.1. The summed E-state index contributed by atoms with van der Waals surface area (Å²) in [6.07, 6.45) is 0.702. The Morgan fingerprint density at radius 2 is 1.52 bits per heavy atom. The smallest absolute Gasteiger partial charge is 0.410 e. The van der Waals surface area contributed by atoms with Crippen molar-refractivity contribution >= 4 is 52.7 Å². The predicted molar refractivity (Wildman–Crippen MR) is 109 cm³/mol. The first-order valence-electron chi connectivity index (χ1n) is 7.96. The van der Waals surface area contributed by atoms with E-state index < -0.39 is 33.6 Å². The molecule has 10 heteroatoms. The van der Waals surface area contributed by atoms with Crippen LogP contribution in [0, 0.1) is 10.8 Å². The van der Waals surface area contributed by atoms with Gasteiger partial charge in [-0.2, -0.15) is 0 Å². The number of alkyl halides is 3. The van der Waals surface area contributed by atoms with E-state index >= 15 is 0 Å². The zero-order valence-electron chi connectivity index (χ0n) is 15.9. The van der Waals surface area contributed by atoms with Gasteiger partial charge in [0, 0.05) is 6.92 Å². The summed E-state index contributed by atoms with van der Waals surface area (Å²) in [5.41, 5.74) is -0.730. The summed E-state index contributed by atoms with van der Waals surface area (Å²) in [6.45, 7) is 13.9. The Labute approximate surface area is 175 Å². The van der Waals surface area contributed by atoms with Crippen molar-refractivity contribution in [2.45, 2.75) is 49.3 Å². The van der Waals surface area contributed by atoms with Crippen LogP contribution in [0.2, 0.25) is 0 Å². The molecule has 0 saturated carbocycles. The van der Waals surface area contributed by atoms with Gasteiger partial charge in [0.1, 0.15) is 17.8 Å². The lowest BCUT2D eigenvalue weighted by Gasteiger charge is -2.31. The summed E-state index contributed by atoms with van der Waals surface area (Å²) in [7, 11) is 0. The van der Waals surface area contributed by atoms with Gasteiger partial charge in [0.25, 0.3) is 3.79 Å². The minimum atomic E-state index is -2.04. The van der Waals surface area contributed by atoms with Gasteiger partial charge >= 0.3 is 6.09 Å². The average molecular weight is 443 g/mol. The van der Waals surface area contributed by atoms with Crippen LogP contribution in [0.4, 0.5) is 4.79 Å². The Morgan fingerprint density at radius 1 is 1.07 bits per heavy atom. The molecule has 0 aromatic rings. The summed E-state index contributed by atoms with van der Waals surface area (Å²) in [6, 6.07) is 0. The van der Waals surface area contributed by atoms with Crippen LogP contribution < -0.4 is 0 Å². The van der Waals surface area contributed by atoms with E-state index in [4.69, 9.17) is 59.8 Å². The standard InChI is InChI=1S/C17H26Cl3N3O4/c1-7-12(25-11(3)21)9-23(15(24)27-16(4,5)6)10-13(8-2)26-14(22)17(18,19)20/h7-8,12-13,21-22H,1-2,9-10H2,3-6H3. The Balaban J connectivity index is 5.39. The van der Waals surface area contributed by atoms with Crippen molar-refractivity contribution in [1.82, 2.24) is 4.90 Å². The third-order valence-electron chi connectivity index (χ3n) is 2.83. The number of amides is 1. The molecule has 0 heterocycles. The van der Waals surface area contributed by atoms with Crippen LogP contribution in [0.5, 0.6) is 0 Å². The van der Waals surface area contributed by atoms with Crippen LogP contribution in [-0.4, -0.2) is 57.5 Å². The topological polar surface area (TPSA) is 95.7 Å². The zero-order valence-corrected chi connectivity index (χ0v) is 18.1. The van der Waals surface area contributed by atoms with Gasteiger partial charge in [-0.15, -0.1) is 0 Å². The predicted octanol–water partition coefficient (Wildman–Crippen LogP) is 4.71. The van der Waals surface area contributed by atoms with E-state index in [9.17, 15) is 4.79 Å². The van der Waals surface area contributed by atoms with Gasteiger partial charge in [-0.25, -0.2) is 4.79 Å². The Morgan fingerprint density at radius 3 is 1.85 bits per heavy atom. The highest BCUT2D eigenvalue weighted by Crippen LogP contribution is 2.28. The van der Waals surface area contributed by atoms with Crippen LogP contribution in [0.25, 0.3) is 0 Å². The zero-order chi connectivity index (χ0) is 21.4. The fourth-order valence-corrected chi connectivity index (χ4v) is 1.88. The highest BCUT2D eigenvalue weighted by atomic mass is 35.6. The van der Waals surface area contributed by atoms with Crippen LogP contribution in [-0.2, 0) is 14.2 Å². The molecule has 0 aliphatic carbocycles. The number of hydrogen-bond donors (Lipinski definition) is 2. The lowest BCUT2D eigenvalue weighted by molar-refractivity contribution is 0.0122. The maximum Gasteiger partial charge on any atom is 0.410 e. The molecule has 27 heavy (non-hydrogen) atoms. The first-order chi connectivity index (χ1) is 12.2. The second-order valence-electron chi connectivity index (χ2n) is 6.55. The third-order valence-corrected chi connectivity index (χ3v) is 3.35. The van der Waals surface area contributed by atoms with E-state index in [2.05, 4.69) is 13.2 Å². The van der Waals surface area contributed by atoms with Crippen LogP contribution in [0.15, 0.2) is 25.3 Å². The number of carbonyl (C=O) groups is 1. The maximum atomic E-state index is 12.6. The van der Waals surface area contributed by atoms with Gasteiger partial charge in [0.05, 0.1) is 13.1 Å². The van der Waals surface area contributed by atoms with Crippen LogP contribution in [0.3, 0.4) is 0 Å². The second kappa shape index (κ2) is 10.8. The van der Waals surface area contributed by atoms with Crippen molar-refractivity contribution < 1.29 is 19.0 Å². The molecule has 0 aliphatic heterocycles. The van der Waals surface area contributed by atoms with Gasteiger partial charge < -0.3 is 19.1 Å². The summed E-state index contributed by atoms with van der Waals surface area (Å²) < 4.78 is 13.9. The molecule has 0 aromatic carbocycles. The first kappa shape index (κ1) is 25.6. The molecular weight excluding hydrogens is 417 g/mol.